The number of nitrogens with zero attached hydrogens (tertiary/aromatic N) is 2. The molecule has 0 radical (unpaired) electrons. The second kappa shape index (κ2) is 8.58. The zero-order valence-electron chi connectivity index (χ0n) is 17.9. The molecule has 1 saturated heterocycles. The number of amides is 1. The van der Waals surface area contributed by atoms with Gasteiger partial charge in [-0.1, -0.05) is 41.6 Å². The highest BCUT2D eigenvalue weighted by Crippen LogP contribution is 2.43. The molecule has 0 saturated carbocycles. The van der Waals surface area contributed by atoms with E-state index >= 15 is 0 Å². The van der Waals surface area contributed by atoms with Crippen molar-refractivity contribution in [3.8, 4) is 11.5 Å². The number of aryl methyl sites for hydroxylation is 1. The summed E-state index contributed by atoms with van der Waals surface area (Å²) in [4.78, 5) is 27.4. The highest BCUT2D eigenvalue weighted by atomic mass is 16.5. The van der Waals surface area contributed by atoms with E-state index in [1.165, 1.54) is 12.0 Å². The highest BCUT2D eigenvalue weighted by molar-refractivity contribution is 6.51. The van der Waals surface area contributed by atoms with Gasteiger partial charge in [0.05, 0.1) is 25.3 Å². The van der Waals surface area contributed by atoms with Crippen molar-refractivity contribution < 1.29 is 28.7 Å². The first-order valence-electron chi connectivity index (χ1n) is 10.1. The monoisotopic (exact) mass is 434 g/mol. The van der Waals surface area contributed by atoms with E-state index < -0.39 is 17.7 Å². The lowest BCUT2D eigenvalue weighted by Gasteiger charge is -2.23. The number of benzene rings is 2. The SMILES string of the molecule is CCOc1ccc(C2C(=C(O)c3ccccc3)C(=O)C(=O)N2c2cc(C)on2)cc1OC. The number of rotatable bonds is 6. The van der Waals surface area contributed by atoms with Gasteiger partial charge in [0.25, 0.3) is 5.78 Å². The Morgan fingerprint density at radius 2 is 1.88 bits per heavy atom. The number of hydrogen-bond acceptors (Lipinski definition) is 7. The molecule has 1 aliphatic rings. The molecule has 3 aromatic rings. The molecule has 2 heterocycles. The standard InChI is InChI=1S/C24H22N2O6/c1-4-31-17-11-10-16(13-18(17)30-3)21-20(22(27)15-8-6-5-7-9-15)23(28)24(29)26(21)19-12-14(2)32-25-19/h5-13,21,27H,4H2,1-3H3. The largest absolute Gasteiger partial charge is 0.507 e. The molecular weight excluding hydrogens is 412 g/mol. The van der Waals surface area contributed by atoms with Crippen LogP contribution in [0.15, 0.2) is 64.7 Å². The van der Waals surface area contributed by atoms with Crippen molar-refractivity contribution in [2.24, 2.45) is 0 Å². The second-order valence-corrected chi connectivity index (χ2v) is 7.17. The van der Waals surface area contributed by atoms with Crippen LogP contribution >= 0.6 is 0 Å². The number of Topliss-reactive ketones (excluding diaryl/α,β-unsaturated/α-hetero) is 1. The summed E-state index contributed by atoms with van der Waals surface area (Å²) >= 11 is 0. The first kappa shape index (κ1) is 21.2. The van der Waals surface area contributed by atoms with Crippen molar-refractivity contribution in [2.45, 2.75) is 19.9 Å². The van der Waals surface area contributed by atoms with Crippen LogP contribution in [0.4, 0.5) is 5.82 Å². The van der Waals surface area contributed by atoms with Crippen molar-refractivity contribution in [3.05, 3.63) is 77.1 Å². The summed E-state index contributed by atoms with van der Waals surface area (Å²) < 4.78 is 16.2. The van der Waals surface area contributed by atoms with Gasteiger partial charge in [0.15, 0.2) is 17.3 Å². The van der Waals surface area contributed by atoms with Crippen LogP contribution in [0.5, 0.6) is 11.5 Å². The molecule has 2 aromatic carbocycles. The van der Waals surface area contributed by atoms with Crippen LogP contribution in [0, 0.1) is 6.92 Å². The van der Waals surface area contributed by atoms with Gasteiger partial charge in [-0.2, -0.15) is 0 Å². The lowest BCUT2D eigenvalue weighted by Crippen LogP contribution is -2.29. The fourth-order valence-electron chi connectivity index (χ4n) is 3.73. The molecule has 8 heteroatoms. The number of aliphatic hydroxyl groups excluding tert-OH is 1. The smallest absolute Gasteiger partial charge is 0.301 e. The number of hydrogen-bond donors (Lipinski definition) is 1. The second-order valence-electron chi connectivity index (χ2n) is 7.17. The van der Waals surface area contributed by atoms with E-state index in [0.717, 1.165) is 0 Å². The number of aliphatic hydroxyl groups is 1. The third-order valence-corrected chi connectivity index (χ3v) is 5.16. The average Bonchev–Trinajstić information content (AvgIpc) is 3.35. The Morgan fingerprint density at radius 1 is 1.12 bits per heavy atom. The van der Waals surface area contributed by atoms with E-state index in [1.807, 2.05) is 6.92 Å². The predicted molar refractivity (Wildman–Crippen MR) is 117 cm³/mol. The summed E-state index contributed by atoms with van der Waals surface area (Å²) in [7, 11) is 1.50. The van der Waals surface area contributed by atoms with Gasteiger partial charge in [-0.25, -0.2) is 0 Å². The van der Waals surface area contributed by atoms with E-state index in [1.54, 1.807) is 61.5 Å². The van der Waals surface area contributed by atoms with Crippen molar-refractivity contribution in [2.75, 3.05) is 18.6 Å². The lowest BCUT2D eigenvalue weighted by molar-refractivity contribution is -0.132. The van der Waals surface area contributed by atoms with Gasteiger partial charge in [-0.05, 0) is 31.5 Å². The maximum atomic E-state index is 13.1. The van der Waals surface area contributed by atoms with Crippen LogP contribution in [0.25, 0.3) is 5.76 Å². The van der Waals surface area contributed by atoms with Crippen LogP contribution in [0.3, 0.4) is 0 Å². The van der Waals surface area contributed by atoms with Crippen LogP contribution < -0.4 is 14.4 Å². The minimum absolute atomic E-state index is 0.0481. The van der Waals surface area contributed by atoms with E-state index in [9.17, 15) is 14.7 Å². The Bertz CT molecular complexity index is 1200. The summed E-state index contributed by atoms with van der Waals surface area (Å²) in [6.45, 7) is 3.99. The summed E-state index contributed by atoms with van der Waals surface area (Å²) in [5, 5.41) is 15.0. The molecule has 8 nitrogen and oxygen atoms in total. The van der Waals surface area contributed by atoms with Gasteiger partial charge in [0, 0.05) is 11.6 Å². The number of anilines is 1. The Hall–Kier alpha value is -4.07. The average molecular weight is 434 g/mol. The third-order valence-electron chi connectivity index (χ3n) is 5.16. The molecule has 1 N–H and O–H groups in total. The molecule has 1 atom stereocenters. The van der Waals surface area contributed by atoms with Crippen molar-refractivity contribution in [1.29, 1.82) is 0 Å². The molecule has 1 fully saturated rings. The molecule has 1 unspecified atom stereocenters. The minimum Gasteiger partial charge on any atom is -0.507 e. The van der Waals surface area contributed by atoms with E-state index in [4.69, 9.17) is 14.0 Å². The van der Waals surface area contributed by atoms with Crippen molar-refractivity contribution in [3.63, 3.8) is 0 Å². The Morgan fingerprint density at radius 3 is 2.50 bits per heavy atom. The highest BCUT2D eigenvalue weighted by Gasteiger charge is 2.48. The summed E-state index contributed by atoms with van der Waals surface area (Å²) in [5.41, 5.74) is 0.917. The summed E-state index contributed by atoms with van der Waals surface area (Å²) in [6, 6.07) is 14.3. The van der Waals surface area contributed by atoms with Gasteiger partial charge < -0.3 is 19.1 Å². The number of ether oxygens (including phenoxy) is 2. The fourth-order valence-corrected chi connectivity index (χ4v) is 3.73. The summed E-state index contributed by atoms with van der Waals surface area (Å²) in [5.74, 6) is -0.285. The number of carbonyl (C=O) groups is 2. The maximum Gasteiger partial charge on any atom is 0.301 e. The quantitative estimate of drug-likeness (QED) is 0.355. The molecule has 0 spiro atoms. The zero-order chi connectivity index (χ0) is 22.8. The van der Waals surface area contributed by atoms with Crippen LogP contribution in [0.2, 0.25) is 0 Å². The molecular formula is C24H22N2O6. The van der Waals surface area contributed by atoms with E-state index in [2.05, 4.69) is 5.16 Å². The molecule has 0 aliphatic carbocycles. The minimum atomic E-state index is -0.940. The normalized spacial score (nSPS) is 17.6. The van der Waals surface area contributed by atoms with Crippen molar-refractivity contribution >= 4 is 23.3 Å². The number of ketones is 1. The van der Waals surface area contributed by atoms with Crippen LogP contribution in [0.1, 0.15) is 29.9 Å². The number of carbonyl (C=O) groups excluding carboxylic acids is 2. The van der Waals surface area contributed by atoms with Crippen LogP contribution in [-0.4, -0.2) is 35.7 Å². The molecule has 0 bridgehead atoms. The Balaban J connectivity index is 1.94. The van der Waals surface area contributed by atoms with Gasteiger partial charge in [0.1, 0.15) is 11.5 Å². The molecule has 1 aliphatic heterocycles. The molecule has 1 aromatic heterocycles. The van der Waals surface area contributed by atoms with Crippen molar-refractivity contribution in [1.82, 2.24) is 5.16 Å². The van der Waals surface area contributed by atoms with E-state index in [0.29, 0.717) is 35.0 Å². The Labute approximate surface area is 184 Å². The summed E-state index contributed by atoms with van der Waals surface area (Å²) in [6.07, 6.45) is 0. The lowest BCUT2D eigenvalue weighted by atomic mass is 9.95. The first-order chi connectivity index (χ1) is 15.5. The molecule has 164 valence electrons. The fraction of sp³-hybridized carbons (Fsp3) is 0.208. The Kier molecular flexibility index (Phi) is 5.68. The predicted octanol–water partition coefficient (Wildman–Crippen LogP) is 4.02. The number of aromatic nitrogens is 1. The van der Waals surface area contributed by atoms with Gasteiger partial charge in [0.2, 0.25) is 0 Å². The third kappa shape index (κ3) is 3.60. The molecule has 4 rings (SSSR count). The zero-order valence-corrected chi connectivity index (χ0v) is 17.9. The van der Waals surface area contributed by atoms with Crippen LogP contribution in [-0.2, 0) is 9.59 Å². The molecule has 1 amide bonds. The van der Waals surface area contributed by atoms with Gasteiger partial charge in [-0.15, -0.1) is 0 Å². The molecule has 32 heavy (non-hydrogen) atoms. The maximum absolute atomic E-state index is 13.1. The van der Waals surface area contributed by atoms with Gasteiger partial charge >= 0.3 is 5.91 Å². The number of methoxy groups -OCH3 is 1. The first-order valence-corrected chi connectivity index (χ1v) is 10.1. The topological polar surface area (TPSA) is 102 Å². The van der Waals surface area contributed by atoms with Gasteiger partial charge in [-0.3, -0.25) is 14.5 Å². The van der Waals surface area contributed by atoms with E-state index in [-0.39, 0.29) is 17.2 Å².